The number of thiophene rings is 1. The van der Waals surface area contributed by atoms with E-state index in [4.69, 9.17) is 0 Å². The normalized spacial score (nSPS) is 10.4. The highest BCUT2D eigenvalue weighted by Crippen LogP contribution is 2.20. The minimum atomic E-state index is 0.807. The molecule has 1 N–H and O–H groups in total. The van der Waals surface area contributed by atoms with Gasteiger partial charge in [-0.05, 0) is 11.4 Å². The minimum absolute atomic E-state index is 0.807. The lowest BCUT2D eigenvalue weighted by Gasteiger charge is -1.83. The number of hydrogen-bond donors (Lipinski definition) is 1. The second kappa shape index (κ2) is 3.06. The third-order valence-electron chi connectivity index (χ3n) is 1.61. The molecule has 2 aromatic heterocycles. The lowest BCUT2D eigenvalue weighted by Crippen LogP contribution is -1.80. The van der Waals surface area contributed by atoms with Crippen molar-refractivity contribution < 1.29 is 0 Å². The molecule has 0 aliphatic carbocycles. The number of aromatic nitrogens is 3. The Kier molecular flexibility index (Phi) is 1.91. The van der Waals surface area contributed by atoms with E-state index in [-0.39, 0.29) is 0 Å². The maximum atomic E-state index is 4.31. The lowest BCUT2D eigenvalue weighted by molar-refractivity contribution is 0.946. The van der Waals surface area contributed by atoms with Crippen molar-refractivity contribution in [2.24, 2.45) is 0 Å². The zero-order chi connectivity index (χ0) is 8.39. The van der Waals surface area contributed by atoms with Crippen molar-refractivity contribution in [3.8, 4) is 10.7 Å². The van der Waals surface area contributed by atoms with E-state index in [1.807, 2.05) is 17.5 Å². The Balaban J connectivity index is 2.35. The van der Waals surface area contributed by atoms with Crippen LogP contribution >= 0.6 is 11.3 Å². The van der Waals surface area contributed by atoms with Crippen molar-refractivity contribution in [1.29, 1.82) is 0 Å². The van der Waals surface area contributed by atoms with Crippen molar-refractivity contribution in [3.05, 3.63) is 23.3 Å². The summed E-state index contributed by atoms with van der Waals surface area (Å²) in [4.78, 5) is 5.43. The fourth-order valence-corrected chi connectivity index (χ4v) is 1.63. The molecule has 2 heterocycles. The number of aryl methyl sites for hydroxylation is 1. The van der Waals surface area contributed by atoms with Gasteiger partial charge in [-0.1, -0.05) is 13.0 Å². The van der Waals surface area contributed by atoms with Crippen LogP contribution in [0.2, 0.25) is 0 Å². The third-order valence-corrected chi connectivity index (χ3v) is 2.47. The van der Waals surface area contributed by atoms with Crippen LogP contribution in [0.4, 0.5) is 0 Å². The van der Waals surface area contributed by atoms with Crippen LogP contribution in [0, 0.1) is 0 Å². The van der Waals surface area contributed by atoms with Gasteiger partial charge in [0, 0.05) is 6.42 Å². The van der Waals surface area contributed by atoms with E-state index in [0.29, 0.717) is 0 Å². The lowest BCUT2D eigenvalue weighted by atomic mass is 10.4. The highest BCUT2D eigenvalue weighted by molar-refractivity contribution is 7.13. The third kappa shape index (κ3) is 1.25. The molecule has 0 unspecified atom stereocenters. The fraction of sp³-hybridized carbons (Fsp3) is 0.250. The van der Waals surface area contributed by atoms with Gasteiger partial charge in [-0.15, -0.1) is 11.3 Å². The first-order valence-corrected chi connectivity index (χ1v) is 4.73. The number of hydrogen-bond acceptors (Lipinski definition) is 3. The predicted octanol–water partition coefficient (Wildman–Crippen LogP) is 2.10. The molecule has 2 aromatic rings. The van der Waals surface area contributed by atoms with Crippen LogP contribution in [0.5, 0.6) is 0 Å². The standard InChI is InChI=1S/C8H9N3S/c1-2-7-9-8(11-10-7)6-4-3-5-12-6/h3-5H,2H2,1H3,(H,9,10,11). The van der Waals surface area contributed by atoms with Gasteiger partial charge in [0.1, 0.15) is 5.82 Å². The molecule has 0 aromatic carbocycles. The summed E-state index contributed by atoms with van der Waals surface area (Å²) in [6.07, 6.45) is 0.901. The molecule has 0 atom stereocenters. The molecule has 0 fully saturated rings. The summed E-state index contributed by atoms with van der Waals surface area (Å²) in [7, 11) is 0. The van der Waals surface area contributed by atoms with Gasteiger partial charge in [0.2, 0.25) is 0 Å². The topological polar surface area (TPSA) is 41.6 Å². The first-order chi connectivity index (χ1) is 5.90. The van der Waals surface area contributed by atoms with E-state index in [9.17, 15) is 0 Å². The Hall–Kier alpha value is -1.16. The quantitative estimate of drug-likeness (QED) is 0.767. The van der Waals surface area contributed by atoms with Crippen molar-refractivity contribution in [3.63, 3.8) is 0 Å². The molecule has 0 aliphatic rings. The monoisotopic (exact) mass is 179 g/mol. The van der Waals surface area contributed by atoms with Crippen molar-refractivity contribution in [2.45, 2.75) is 13.3 Å². The Bertz CT molecular complexity index is 350. The summed E-state index contributed by atoms with van der Waals surface area (Å²) in [5, 5.41) is 9.02. The van der Waals surface area contributed by atoms with Gasteiger partial charge in [0.15, 0.2) is 5.82 Å². The van der Waals surface area contributed by atoms with E-state index in [0.717, 1.165) is 22.9 Å². The van der Waals surface area contributed by atoms with Gasteiger partial charge in [0.05, 0.1) is 4.88 Å². The molecule has 2 rings (SSSR count). The van der Waals surface area contributed by atoms with Gasteiger partial charge >= 0.3 is 0 Å². The van der Waals surface area contributed by atoms with Crippen molar-refractivity contribution in [1.82, 2.24) is 15.2 Å². The maximum absolute atomic E-state index is 4.31. The van der Waals surface area contributed by atoms with Crippen LogP contribution in [-0.2, 0) is 6.42 Å². The van der Waals surface area contributed by atoms with Crippen LogP contribution in [0.15, 0.2) is 17.5 Å². The molecule has 0 aliphatic heterocycles. The number of rotatable bonds is 2. The van der Waals surface area contributed by atoms with E-state index in [2.05, 4.69) is 22.1 Å². The van der Waals surface area contributed by atoms with Gasteiger partial charge < -0.3 is 0 Å². The molecule has 12 heavy (non-hydrogen) atoms. The van der Waals surface area contributed by atoms with E-state index in [1.54, 1.807) is 11.3 Å². The molecular formula is C8H9N3S. The molecular weight excluding hydrogens is 170 g/mol. The first kappa shape index (κ1) is 7.49. The maximum Gasteiger partial charge on any atom is 0.191 e. The molecule has 0 radical (unpaired) electrons. The zero-order valence-electron chi connectivity index (χ0n) is 6.74. The second-order valence-corrected chi connectivity index (χ2v) is 3.38. The average molecular weight is 179 g/mol. The Morgan fingerprint density at radius 2 is 2.50 bits per heavy atom. The van der Waals surface area contributed by atoms with Gasteiger partial charge in [-0.3, -0.25) is 5.10 Å². The van der Waals surface area contributed by atoms with Gasteiger partial charge in [0.25, 0.3) is 0 Å². The Labute approximate surface area is 74.5 Å². The summed E-state index contributed by atoms with van der Waals surface area (Å²) in [6, 6.07) is 4.02. The summed E-state index contributed by atoms with van der Waals surface area (Å²) in [6.45, 7) is 2.05. The zero-order valence-corrected chi connectivity index (χ0v) is 7.56. The molecule has 0 bridgehead atoms. The van der Waals surface area contributed by atoms with Crippen LogP contribution in [-0.4, -0.2) is 15.2 Å². The van der Waals surface area contributed by atoms with Crippen LogP contribution in [0.3, 0.4) is 0 Å². The highest BCUT2D eigenvalue weighted by atomic mass is 32.1. The van der Waals surface area contributed by atoms with Crippen molar-refractivity contribution >= 4 is 11.3 Å². The average Bonchev–Trinajstić information content (AvgIpc) is 2.75. The van der Waals surface area contributed by atoms with Gasteiger partial charge in [-0.2, -0.15) is 5.10 Å². The molecule has 3 nitrogen and oxygen atoms in total. The first-order valence-electron chi connectivity index (χ1n) is 3.85. The fourth-order valence-electron chi connectivity index (χ4n) is 0.969. The Morgan fingerprint density at radius 3 is 3.08 bits per heavy atom. The van der Waals surface area contributed by atoms with E-state index < -0.39 is 0 Å². The SMILES string of the molecule is CCc1nc(-c2cccs2)n[nH]1. The summed E-state index contributed by atoms with van der Waals surface area (Å²) >= 11 is 1.65. The van der Waals surface area contributed by atoms with E-state index >= 15 is 0 Å². The largest absolute Gasteiger partial charge is 0.263 e. The van der Waals surface area contributed by atoms with Gasteiger partial charge in [-0.25, -0.2) is 4.98 Å². The summed E-state index contributed by atoms with van der Waals surface area (Å²) < 4.78 is 0. The van der Waals surface area contributed by atoms with Crippen molar-refractivity contribution in [2.75, 3.05) is 0 Å². The molecule has 0 saturated carbocycles. The summed E-state index contributed by atoms with van der Waals surface area (Å²) in [5.74, 6) is 1.75. The van der Waals surface area contributed by atoms with Crippen LogP contribution in [0.1, 0.15) is 12.7 Å². The second-order valence-electron chi connectivity index (χ2n) is 2.44. The number of aromatic amines is 1. The van der Waals surface area contributed by atoms with E-state index in [1.165, 1.54) is 0 Å². The highest BCUT2D eigenvalue weighted by Gasteiger charge is 2.04. The summed E-state index contributed by atoms with van der Waals surface area (Å²) in [5.41, 5.74) is 0. The molecule has 62 valence electrons. The van der Waals surface area contributed by atoms with Crippen LogP contribution < -0.4 is 0 Å². The van der Waals surface area contributed by atoms with Crippen LogP contribution in [0.25, 0.3) is 10.7 Å². The molecule has 4 heteroatoms. The number of nitrogens with zero attached hydrogens (tertiary/aromatic N) is 2. The smallest absolute Gasteiger partial charge is 0.191 e. The Morgan fingerprint density at radius 1 is 1.58 bits per heavy atom. The molecule has 0 spiro atoms. The minimum Gasteiger partial charge on any atom is -0.263 e. The molecule has 0 amide bonds. The predicted molar refractivity (Wildman–Crippen MR) is 49.1 cm³/mol. The number of H-pyrrole nitrogens is 1. The number of nitrogens with one attached hydrogen (secondary N) is 1. The molecule has 0 saturated heterocycles.